The fraction of sp³-hybridized carbons (Fsp3) is 0.784. The zero-order valence-electron chi connectivity index (χ0n) is 32.9. The van der Waals surface area contributed by atoms with E-state index in [-0.39, 0.29) is 12.5 Å². The summed E-state index contributed by atoms with van der Waals surface area (Å²) < 4.78 is 22.6. The normalized spacial score (nSPS) is 29.2. The highest BCUT2D eigenvalue weighted by atomic mass is 16.7. The van der Waals surface area contributed by atoms with Crippen molar-refractivity contribution >= 4 is 29.7 Å². The second-order valence-electron chi connectivity index (χ2n) is 14.5. The summed E-state index contributed by atoms with van der Waals surface area (Å²) in [4.78, 5) is 61.3. The molecule has 3 amide bonds. The molecule has 0 aromatic heterocycles. The number of rotatable bonds is 26. The van der Waals surface area contributed by atoms with E-state index < -0.39 is 122 Å². The number of aliphatic hydroxyl groups is 7. The fourth-order valence-electron chi connectivity index (χ4n) is 6.82. The molecule has 12 N–H and O–H groups in total. The maximum atomic E-state index is 12.7. The van der Waals surface area contributed by atoms with Crippen molar-refractivity contribution < 1.29 is 88.9 Å². The third-order valence-corrected chi connectivity index (χ3v) is 9.82. The predicted molar refractivity (Wildman–Crippen MR) is 198 cm³/mol. The average molecular weight is 836 g/mol. The molecule has 2 aliphatic rings. The summed E-state index contributed by atoms with van der Waals surface area (Å²) in [7, 11) is 0. The second kappa shape index (κ2) is 24.5. The average Bonchev–Trinajstić information content (AvgIpc) is 3.16. The van der Waals surface area contributed by atoms with E-state index in [1.807, 2.05) is 0 Å². The Kier molecular flexibility index (Phi) is 21.4. The van der Waals surface area contributed by atoms with Crippen LogP contribution < -0.4 is 16.0 Å². The molecule has 0 bridgehead atoms. The number of ether oxygens (including phenoxy) is 4. The molecule has 0 saturated carbocycles. The van der Waals surface area contributed by atoms with Gasteiger partial charge in [-0.1, -0.05) is 32.3 Å². The van der Waals surface area contributed by atoms with Gasteiger partial charge in [-0.25, -0.2) is 9.59 Å². The van der Waals surface area contributed by atoms with Crippen molar-refractivity contribution in [2.75, 3.05) is 26.4 Å². The smallest absolute Gasteiger partial charge is 0.364 e. The van der Waals surface area contributed by atoms with Crippen molar-refractivity contribution in [2.24, 2.45) is 0 Å². The topological polar surface area (TPSA) is 340 Å². The van der Waals surface area contributed by atoms with Crippen LogP contribution in [0.4, 0.5) is 0 Å². The first kappa shape index (κ1) is 50.6. The zero-order chi connectivity index (χ0) is 43.6. The molecule has 21 nitrogen and oxygen atoms in total. The summed E-state index contributed by atoms with van der Waals surface area (Å²) in [6, 6.07) is -3.13. The number of carboxylic acids is 2. The van der Waals surface area contributed by atoms with Gasteiger partial charge in [0.15, 0.2) is 0 Å². The van der Waals surface area contributed by atoms with Gasteiger partial charge in [0.1, 0.15) is 36.6 Å². The third kappa shape index (κ3) is 14.6. The number of carboxylic acid groups (broad SMARTS) is 2. The quantitative estimate of drug-likeness (QED) is 0.0311. The first-order valence-corrected chi connectivity index (χ1v) is 19.3. The second-order valence-corrected chi connectivity index (χ2v) is 14.5. The molecule has 332 valence electrons. The minimum atomic E-state index is -3.04. The van der Waals surface area contributed by atoms with E-state index in [0.717, 1.165) is 46.0 Å². The lowest BCUT2D eigenvalue weighted by Gasteiger charge is -2.49. The van der Waals surface area contributed by atoms with Crippen molar-refractivity contribution in [2.45, 2.75) is 157 Å². The summed E-state index contributed by atoms with van der Waals surface area (Å²) in [5.74, 6) is -10.9. The summed E-state index contributed by atoms with van der Waals surface area (Å²) in [6.45, 7) is 3.64. The van der Waals surface area contributed by atoms with Gasteiger partial charge in [0, 0.05) is 39.7 Å². The molecule has 2 fully saturated rings. The Bertz CT molecular complexity index is 1400. The van der Waals surface area contributed by atoms with Crippen LogP contribution in [0.25, 0.3) is 0 Å². The highest BCUT2D eigenvalue weighted by Crippen LogP contribution is 2.38. The zero-order valence-corrected chi connectivity index (χ0v) is 32.9. The SMILES string of the molecule is C=C=CCCCC(=O)NCCCCCCCCO[C@]1(C(=O)O)C[C@H](O)[C@@H](NC(C)=O)[C@H]([C@H](O)[C@@H](CO)O[C@]2(C(=O)O)C[C@H](O)[C@@H](NC(C)=O)[C@H]([C@H](O)[C@H](O)CO)O2)O1. The molecular formula is C37H61N3O18. The maximum absolute atomic E-state index is 12.7. The molecular weight excluding hydrogens is 774 g/mol. The van der Waals surface area contributed by atoms with E-state index in [1.54, 1.807) is 6.08 Å². The van der Waals surface area contributed by atoms with Crippen molar-refractivity contribution in [1.82, 2.24) is 16.0 Å². The summed E-state index contributed by atoms with van der Waals surface area (Å²) in [5, 5.41) is 102. The molecule has 12 atom stereocenters. The van der Waals surface area contributed by atoms with Gasteiger partial charge in [-0.15, -0.1) is 5.73 Å². The van der Waals surface area contributed by atoms with Crippen molar-refractivity contribution in [1.29, 1.82) is 0 Å². The number of carbonyl (C=O) groups is 5. The molecule has 0 aliphatic carbocycles. The highest BCUT2D eigenvalue weighted by molar-refractivity contribution is 5.77. The number of carbonyl (C=O) groups excluding carboxylic acids is 3. The Balaban J connectivity index is 2.19. The van der Waals surface area contributed by atoms with Gasteiger partial charge >= 0.3 is 11.9 Å². The fourth-order valence-corrected chi connectivity index (χ4v) is 6.82. The van der Waals surface area contributed by atoms with Gasteiger partial charge in [0.2, 0.25) is 17.7 Å². The number of aliphatic carboxylic acids is 2. The lowest BCUT2D eigenvalue weighted by Crippen LogP contribution is -2.70. The molecule has 0 radical (unpaired) electrons. The molecule has 2 saturated heterocycles. The van der Waals surface area contributed by atoms with Gasteiger partial charge in [0.25, 0.3) is 11.6 Å². The molecule has 2 heterocycles. The number of hydrogen-bond donors (Lipinski definition) is 12. The van der Waals surface area contributed by atoms with Crippen molar-refractivity contribution in [3.63, 3.8) is 0 Å². The maximum Gasteiger partial charge on any atom is 0.364 e. The Hall–Kier alpha value is -3.57. The number of amides is 3. The Morgan fingerprint density at radius 1 is 0.793 bits per heavy atom. The molecule has 0 aromatic rings. The Morgan fingerprint density at radius 2 is 1.31 bits per heavy atom. The lowest BCUT2D eigenvalue weighted by atomic mass is 9.87. The first-order valence-electron chi connectivity index (χ1n) is 19.3. The molecule has 58 heavy (non-hydrogen) atoms. The number of nitrogens with one attached hydrogen (secondary N) is 3. The molecule has 2 rings (SSSR count). The van der Waals surface area contributed by atoms with Crippen LogP contribution in [0.1, 0.15) is 84.5 Å². The minimum absolute atomic E-state index is 0.0273. The van der Waals surface area contributed by atoms with Crippen molar-refractivity contribution in [3.05, 3.63) is 18.4 Å². The monoisotopic (exact) mass is 835 g/mol. The summed E-state index contributed by atoms with van der Waals surface area (Å²) >= 11 is 0. The van der Waals surface area contributed by atoms with E-state index in [1.165, 1.54) is 0 Å². The Labute approximate surface area is 336 Å². The van der Waals surface area contributed by atoms with E-state index in [9.17, 15) is 69.9 Å². The van der Waals surface area contributed by atoms with E-state index in [0.29, 0.717) is 32.2 Å². The standard InChI is InChI=1S/C37H61N3O18/c1-4-5-6-11-14-27(48)38-15-12-9-7-8-10-13-16-55-36(34(51)52)17-23(45)29(40-22(3)44)33(57-36)31(50)26(20-42)56-37(35(53)54)18-24(46)28(39-21(2)43)32(58-37)30(49)25(47)19-41/h5,23-26,28-33,41-42,45-47,49-50H,1,6-20H2,2-3H3,(H,38,48)(H,39,43)(H,40,44)(H,51,52)(H,53,54)/t23-,24-,25+,26+,28+,29+,30+,31+,32+,33+,36+,37+/m0/s1. The molecule has 0 aromatic carbocycles. The number of allylic oxidation sites excluding steroid dienone is 1. The van der Waals surface area contributed by atoms with Crippen LogP contribution >= 0.6 is 0 Å². The lowest BCUT2D eigenvalue weighted by molar-refractivity contribution is -0.345. The van der Waals surface area contributed by atoms with Crippen LogP contribution in [0, 0.1) is 0 Å². The van der Waals surface area contributed by atoms with E-state index in [4.69, 9.17) is 18.9 Å². The molecule has 0 unspecified atom stereocenters. The van der Waals surface area contributed by atoms with E-state index in [2.05, 4.69) is 28.3 Å². The minimum Gasteiger partial charge on any atom is -0.477 e. The first-order chi connectivity index (χ1) is 27.4. The largest absolute Gasteiger partial charge is 0.477 e. The number of unbranched alkanes of at least 4 members (excludes halogenated alkanes) is 6. The van der Waals surface area contributed by atoms with Crippen LogP contribution in [-0.4, -0.2) is 174 Å². The van der Waals surface area contributed by atoms with Gasteiger partial charge < -0.3 is 80.9 Å². The van der Waals surface area contributed by atoms with Gasteiger partial charge in [-0.05, 0) is 31.8 Å². The molecule has 21 heteroatoms. The highest BCUT2D eigenvalue weighted by Gasteiger charge is 2.60. The number of hydrogen-bond acceptors (Lipinski definition) is 16. The van der Waals surface area contributed by atoms with Crippen LogP contribution in [0.2, 0.25) is 0 Å². The molecule has 2 aliphatic heterocycles. The third-order valence-electron chi connectivity index (χ3n) is 9.82. The summed E-state index contributed by atoms with van der Waals surface area (Å²) in [5.41, 5.74) is 2.66. The van der Waals surface area contributed by atoms with Gasteiger partial charge in [-0.3, -0.25) is 14.4 Å². The van der Waals surface area contributed by atoms with Crippen LogP contribution in [0.5, 0.6) is 0 Å². The molecule has 0 spiro atoms. The summed E-state index contributed by atoms with van der Waals surface area (Å²) in [6.07, 6.45) is -10.0. The van der Waals surface area contributed by atoms with E-state index >= 15 is 0 Å². The van der Waals surface area contributed by atoms with Crippen LogP contribution in [0.15, 0.2) is 18.4 Å². The Morgan fingerprint density at radius 3 is 1.83 bits per heavy atom. The van der Waals surface area contributed by atoms with Gasteiger partial charge in [0.05, 0.1) is 44.1 Å². The number of aliphatic hydroxyl groups excluding tert-OH is 7. The van der Waals surface area contributed by atoms with Crippen molar-refractivity contribution in [3.8, 4) is 0 Å². The van der Waals surface area contributed by atoms with Crippen LogP contribution in [0.3, 0.4) is 0 Å². The van der Waals surface area contributed by atoms with Gasteiger partial charge in [-0.2, -0.15) is 0 Å². The predicted octanol–water partition coefficient (Wildman–Crippen LogP) is -2.71. The van der Waals surface area contributed by atoms with Crippen LogP contribution in [-0.2, 0) is 42.9 Å².